The molecule has 1 fully saturated rings. The van der Waals surface area contributed by atoms with Crippen molar-refractivity contribution in [1.82, 2.24) is 4.72 Å². The molecule has 1 saturated carbocycles. The second-order valence-corrected chi connectivity index (χ2v) is 8.26. The standard InChI is InChI=1S/C19H23NO3S/c1-13-11-14(2)18(15(3)12-13)24(21,22)20-19(9-10-19)16-5-7-17(23-4)8-6-16/h5-8,11-12,20H,9-10H2,1-4H3. The maximum absolute atomic E-state index is 13.0. The molecule has 0 aliphatic heterocycles. The van der Waals surface area contributed by atoms with Crippen molar-refractivity contribution in [2.45, 2.75) is 44.0 Å². The van der Waals surface area contributed by atoms with Gasteiger partial charge in [0.25, 0.3) is 0 Å². The number of nitrogens with one attached hydrogen (secondary N) is 1. The van der Waals surface area contributed by atoms with E-state index >= 15 is 0 Å². The molecule has 4 nitrogen and oxygen atoms in total. The molecule has 0 radical (unpaired) electrons. The van der Waals surface area contributed by atoms with Gasteiger partial charge in [-0.05, 0) is 62.4 Å². The number of hydrogen-bond acceptors (Lipinski definition) is 3. The van der Waals surface area contributed by atoms with E-state index in [9.17, 15) is 8.42 Å². The Balaban J connectivity index is 1.94. The molecule has 3 rings (SSSR count). The molecule has 0 heterocycles. The van der Waals surface area contributed by atoms with Crippen molar-refractivity contribution >= 4 is 10.0 Å². The molecule has 0 spiro atoms. The Morgan fingerprint density at radius 2 is 1.54 bits per heavy atom. The van der Waals surface area contributed by atoms with Crippen molar-refractivity contribution < 1.29 is 13.2 Å². The first-order valence-electron chi connectivity index (χ1n) is 8.04. The molecule has 128 valence electrons. The SMILES string of the molecule is COc1ccc(C2(NS(=O)(=O)c3c(C)cc(C)cc3C)CC2)cc1. The molecule has 1 aliphatic carbocycles. The molecule has 1 aliphatic rings. The molecule has 0 unspecified atom stereocenters. The molecule has 0 atom stereocenters. The number of aryl methyl sites for hydroxylation is 3. The van der Waals surface area contributed by atoms with E-state index in [0.29, 0.717) is 4.90 Å². The molecule has 2 aromatic carbocycles. The van der Waals surface area contributed by atoms with Crippen molar-refractivity contribution in [2.24, 2.45) is 0 Å². The second-order valence-electron chi connectivity index (χ2n) is 6.64. The summed E-state index contributed by atoms with van der Waals surface area (Å²) in [5.74, 6) is 0.766. The van der Waals surface area contributed by atoms with Crippen LogP contribution in [0.25, 0.3) is 0 Å². The maximum atomic E-state index is 13.0. The summed E-state index contributed by atoms with van der Waals surface area (Å²) in [4.78, 5) is 0.396. The average molecular weight is 345 g/mol. The highest BCUT2D eigenvalue weighted by Gasteiger charge is 2.47. The lowest BCUT2D eigenvalue weighted by Gasteiger charge is -2.20. The average Bonchev–Trinajstić information content (AvgIpc) is 3.25. The van der Waals surface area contributed by atoms with E-state index in [0.717, 1.165) is 40.8 Å². The van der Waals surface area contributed by atoms with Crippen molar-refractivity contribution in [3.63, 3.8) is 0 Å². The number of rotatable bonds is 5. The van der Waals surface area contributed by atoms with Crippen LogP contribution in [-0.2, 0) is 15.6 Å². The van der Waals surface area contributed by atoms with Gasteiger partial charge in [-0.1, -0.05) is 29.8 Å². The van der Waals surface area contributed by atoms with Crippen molar-refractivity contribution in [3.05, 3.63) is 58.7 Å². The number of methoxy groups -OCH3 is 1. The summed E-state index contributed by atoms with van der Waals surface area (Å²) < 4.78 is 34.1. The minimum absolute atomic E-state index is 0.396. The predicted molar refractivity (Wildman–Crippen MR) is 94.9 cm³/mol. The Kier molecular flexibility index (Phi) is 4.18. The summed E-state index contributed by atoms with van der Waals surface area (Å²) in [6.07, 6.45) is 1.62. The fraction of sp³-hybridized carbons (Fsp3) is 0.368. The molecule has 2 aromatic rings. The molecule has 0 saturated heterocycles. The van der Waals surface area contributed by atoms with E-state index in [1.807, 2.05) is 57.2 Å². The van der Waals surface area contributed by atoms with Gasteiger partial charge in [0, 0.05) is 0 Å². The van der Waals surface area contributed by atoms with Gasteiger partial charge in [-0.3, -0.25) is 0 Å². The highest BCUT2D eigenvalue weighted by Crippen LogP contribution is 2.47. The third-order valence-corrected chi connectivity index (χ3v) is 6.44. The van der Waals surface area contributed by atoms with Gasteiger partial charge in [0.15, 0.2) is 0 Å². The smallest absolute Gasteiger partial charge is 0.241 e. The van der Waals surface area contributed by atoms with Gasteiger partial charge >= 0.3 is 0 Å². The predicted octanol–water partition coefficient (Wildman–Crippen LogP) is 3.59. The maximum Gasteiger partial charge on any atom is 0.241 e. The first-order chi connectivity index (χ1) is 11.3. The molecular weight excluding hydrogens is 322 g/mol. The van der Waals surface area contributed by atoms with Crippen LogP contribution < -0.4 is 9.46 Å². The van der Waals surface area contributed by atoms with Crippen LogP contribution in [0, 0.1) is 20.8 Å². The quantitative estimate of drug-likeness (QED) is 0.901. The van der Waals surface area contributed by atoms with Gasteiger partial charge in [-0.25, -0.2) is 13.1 Å². The summed E-state index contributed by atoms with van der Waals surface area (Å²) in [7, 11) is -1.96. The van der Waals surface area contributed by atoms with Gasteiger partial charge in [-0.2, -0.15) is 0 Å². The first-order valence-corrected chi connectivity index (χ1v) is 9.52. The van der Waals surface area contributed by atoms with Crippen LogP contribution in [0.3, 0.4) is 0 Å². The van der Waals surface area contributed by atoms with Gasteiger partial charge < -0.3 is 4.74 Å². The van der Waals surface area contributed by atoms with Gasteiger partial charge in [-0.15, -0.1) is 0 Å². The zero-order chi connectivity index (χ0) is 17.5. The zero-order valence-corrected chi connectivity index (χ0v) is 15.3. The summed E-state index contributed by atoms with van der Waals surface area (Å²) in [5, 5.41) is 0. The minimum atomic E-state index is -3.58. The molecule has 1 N–H and O–H groups in total. The van der Waals surface area contributed by atoms with Crippen LogP contribution >= 0.6 is 0 Å². The molecule has 0 amide bonds. The first kappa shape index (κ1) is 17.0. The Bertz CT molecular complexity index is 843. The monoisotopic (exact) mass is 345 g/mol. The summed E-state index contributed by atoms with van der Waals surface area (Å²) >= 11 is 0. The largest absolute Gasteiger partial charge is 0.497 e. The third-order valence-electron chi connectivity index (χ3n) is 4.60. The van der Waals surface area contributed by atoms with Crippen LogP contribution in [0.1, 0.15) is 35.1 Å². The third kappa shape index (κ3) is 3.06. The number of sulfonamides is 1. The Morgan fingerprint density at radius 3 is 2.00 bits per heavy atom. The normalized spacial score (nSPS) is 16.0. The Hall–Kier alpha value is -1.85. The van der Waals surface area contributed by atoms with Gasteiger partial charge in [0.05, 0.1) is 17.5 Å². The molecule has 0 bridgehead atoms. The van der Waals surface area contributed by atoms with E-state index in [2.05, 4.69) is 4.72 Å². The molecule has 5 heteroatoms. The van der Waals surface area contributed by atoms with E-state index < -0.39 is 15.6 Å². The summed E-state index contributed by atoms with van der Waals surface area (Å²) in [6.45, 7) is 5.67. The van der Waals surface area contributed by atoms with Crippen molar-refractivity contribution in [3.8, 4) is 5.75 Å². The van der Waals surface area contributed by atoms with E-state index in [1.165, 1.54) is 0 Å². The number of benzene rings is 2. The fourth-order valence-corrected chi connectivity index (χ4v) is 5.29. The van der Waals surface area contributed by atoms with Crippen molar-refractivity contribution in [2.75, 3.05) is 7.11 Å². The van der Waals surface area contributed by atoms with Gasteiger partial charge in [0.2, 0.25) is 10.0 Å². The molecule has 24 heavy (non-hydrogen) atoms. The van der Waals surface area contributed by atoms with E-state index in [-0.39, 0.29) is 0 Å². The van der Waals surface area contributed by atoms with Crippen LogP contribution in [0.4, 0.5) is 0 Å². The fourth-order valence-electron chi connectivity index (χ4n) is 3.38. The number of ether oxygens (including phenoxy) is 1. The highest BCUT2D eigenvalue weighted by atomic mass is 32.2. The molecule has 0 aromatic heterocycles. The van der Waals surface area contributed by atoms with E-state index in [1.54, 1.807) is 7.11 Å². The van der Waals surface area contributed by atoms with E-state index in [4.69, 9.17) is 4.74 Å². The lowest BCUT2D eigenvalue weighted by molar-refractivity contribution is 0.414. The zero-order valence-electron chi connectivity index (χ0n) is 14.5. The topological polar surface area (TPSA) is 55.4 Å². The van der Waals surface area contributed by atoms with Crippen LogP contribution in [0.15, 0.2) is 41.3 Å². The van der Waals surface area contributed by atoms with Crippen LogP contribution in [0.2, 0.25) is 0 Å². The lowest BCUT2D eigenvalue weighted by atomic mass is 10.1. The Labute approximate surface area is 143 Å². The van der Waals surface area contributed by atoms with Crippen molar-refractivity contribution in [1.29, 1.82) is 0 Å². The Morgan fingerprint density at radius 1 is 1.00 bits per heavy atom. The van der Waals surface area contributed by atoms with Crippen LogP contribution in [0.5, 0.6) is 5.75 Å². The summed E-state index contributed by atoms with van der Waals surface area (Å²) in [6, 6.07) is 11.4. The summed E-state index contributed by atoms with van der Waals surface area (Å²) in [5.41, 5.74) is 3.13. The lowest BCUT2D eigenvalue weighted by Crippen LogP contribution is -2.35. The highest BCUT2D eigenvalue weighted by molar-refractivity contribution is 7.89. The second kappa shape index (κ2) is 5.90. The minimum Gasteiger partial charge on any atom is -0.497 e. The van der Waals surface area contributed by atoms with Gasteiger partial charge in [0.1, 0.15) is 5.75 Å². The molecular formula is C19H23NO3S. The number of hydrogen-bond donors (Lipinski definition) is 1. The van der Waals surface area contributed by atoms with Crippen LogP contribution in [-0.4, -0.2) is 15.5 Å².